The minimum Gasteiger partial charge on any atom is -0.452 e. The summed E-state index contributed by atoms with van der Waals surface area (Å²) >= 11 is 0. The summed E-state index contributed by atoms with van der Waals surface area (Å²) in [5, 5.41) is 5.24. The molecule has 0 bridgehead atoms. The molecular weight excluding hydrogens is 320 g/mol. The van der Waals surface area contributed by atoms with Crippen LogP contribution in [0.1, 0.15) is 28.4 Å². The van der Waals surface area contributed by atoms with Crippen LogP contribution >= 0.6 is 0 Å². The standard InChI is InChI=1S/C19H20N2O4/c1-12-7-13(2)9-15(8-12)19(24)25-11-18(23)21-17-6-4-5-16(10-17)20-14(3)22/h4-10H,11H2,1-3H3,(H,20,22)(H,21,23). The highest BCUT2D eigenvalue weighted by Gasteiger charge is 2.11. The number of hydrogen-bond acceptors (Lipinski definition) is 4. The molecule has 0 aliphatic rings. The van der Waals surface area contributed by atoms with E-state index in [4.69, 9.17) is 4.74 Å². The third-order valence-electron chi connectivity index (χ3n) is 3.26. The van der Waals surface area contributed by atoms with Crippen LogP contribution in [0.25, 0.3) is 0 Å². The number of hydrogen-bond donors (Lipinski definition) is 2. The van der Waals surface area contributed by atoms with Gasteiger partial charge in [-0.05, 0) is 44.2 Å². The number of rotatable bonds is 5. The van der Waals surface area contributed by atoms with E-state index in [9.17, 15) is 14.4 Å². The van der Waals surface area contributed by atoms with Gasteiger partial charge >= 0.3 is 5.97 Å². The molecule has 130 valence electrons. The molecule has 0 atom stereocenters. The van der Waals surface area contributed by atoms with Crippen LogP contribution in [0.4, 0.5) is 11.4 Å². The number of ether oxygens (including phenoxy) is 1. The Kier molecular flexibility index (Phi) is 5.89. The molecule has 0 unspecified atom stereocenters. The maximum absolute atomic E-state index is 12.0. The largest absolute Gasteiger partial charge is 0.452 e. The molecule has 0 heterocycles. The van der Waals surface area contributed by atoms with Gasteiger partial charge < -0.3 is 15.4 Å². The minimum absolute atomic E-state index is 0.203. The lowest BCUT2D eigenvalue weighted by Crippen LogP contribution is -2.21. The Balaban J connectivity index is 1.92. The van der Waals surface area contributed by atoms with Gasteiger partial charge in [0.05, 0.1) is 5.56 Å². The summed E-state index contributed by atoms with van der Waals surface area (Å²) < 4.78 is 5.05. The number of aryl methyl sites for hydroxylation is 2. The van der Waals surface area contributed by atoms with Gasteiger partial charge in [-0.3, -0.25) is 9.59 Å². The summed E-state index contributed by atoms with van der Waals surface area (Å²) in [4.78, 5) is 35.0. The van der Waals surface area contributed by atoms with Crippen molar-refractivity contribution in [1.82, 2.24) is 0 Å². The van der Waals surface area contributed by atoms with E-state index in [0.717, 1.165) is 11.1 Å². The maximum atomic E-state index is 12.0. The molecule has 0 aromatic heterocycles. The van der Waals surface area contributed by atoms with Gasteiger partial charge in [-0.2, -0.15) is 0 Å². The third kappa shape index (κ3) is 5.76. The highest BCUT2D eigenvalue weighted by atomic mass is 16.5. The topological polar surface area (TPSA) is 84.5 Å². The maximum Gasteiger partial charge on any atom is 0.338 e. The van der Waals surface area contributed by atoms with Crippen molar-refractivity contribution < 1.29 is 19.1 Å². The molecule has 25 heavy (non-hydrogen) atoms. The first kappa shape index (κ1) is 18.2. The van der Waals surface area contributed by atoms with E-state index in [1.165, 1.54) is 6.92 Å². The first-order valence-electron chi connectivity index (χ1n) is 7.76. The van der Waals surface area contributed by atoms with Crippen LogP contribution in [-0.4, -0.2) is 24.4 Å². The molecule has 6 heteroatoms. The molecule has 2 aromatic rings. The smallest absolute Gasteiger partial charge is 0.338 e. The Bertz CT molecular complexity index is 795. The van der Waals surface area contributed by atoms with Crippen molar-refractivity contribution in [1.29, 1.82) is 0 Å². The molecule has 0 aliphatic heterocycles. The molecule has 2 rings (SSSR count). The number of carbonyl (C=O) groups is 3. The van der Waals surface area contributed by atoms with Crippen molar-refractivity contribution >= 4 is 29.2 Å². The number of esters is 1. The molecule has 0 radical (unpaired) electrons. The second-order valence-electron chi connectivity index (χ2n) is 5.76. The molecular formula is C19H20N2O4. The highest BCUT2D eigenvalue weighted by Crippen LogP contribution is 2.15. The van der Waals surface area contributed by atoms with Crippen molar-refractivity contribution in [2.45, 2.75) is 20.8 Å². The lowest BCUT2D eigenvalue weighted by Gasteiger charge is -2.09. The summed E-state index contributed by atoms with van der Waals surface area (Å²) in [5.41, 5.74) is 3.38. The van der Waals surface area contributed by atoms with E-state index in [2.05, 4.69) is 10.6 Å². The molecule has 0 fully saturated rings. The molecule has 6 nitrogen and oxygen atoms in total. The number of anilines is 2. The Labute approximate surface area is 146 Å². The predicted octanol–water partition coefficient (Wildman–Crippen LogP) is 3.06. The Hall–Kier alpha value is -3.15. The van der Waals surface area contributed by atoms with Gasteiger partial charge in [-0.15, -0.1) is 0 Å². The van der Waals surface area contributed by atoms with E-state index in [0.29, 0.717) is 16.9 Å². The normalized spacial score (nSPS) is 10.0. The van der Waals surface area contributed by atoms with Gasteiger partial charge in [-0.1, -0.05) is 23.3 Å². The third-order valence-corrected chi connectivity index (χ3v) is 3.26. The van der Waals surface area contributed by atoms with E-state index < -0.39 is 18.5 Å². The fraction of sp³-hybridized carbons (Fsp3) is 0.211. The zero-order valence-corrected chi connectivity index (χ0v) is 14.4. The van der Waals surface area contributed by atoms with Gasteiger partial charge in [0.1, 0.15) is 0 Å². The highest BCUT2D eigenvalue weighted by molar-refractivity contribution is 5.96. The molecule has 2 aromatic carbocycles. The summed E-state index contributed by atoms with van der Waals surface area (Å²) in [6, 6.07) is 12.1. The minimum atomic E-state index is -0.547. The van der Waals surface area contributed by atoms with Crippen molar-refractivity contribution in [3.8, 4) is 0 Å². The second-order valence-corrected chi connectivity index (χ2v) is 5.76. The first-order valence-corrected chi connectivity index (χ1v) is 7.76. The number of amides is 2. The van der Waals surface area contributed by atoms with Gasteiger partial charge in [-0.25, -0.2) is 4.79 Å². The molecule has 2 amide bonds. The zero-order valence-electron chi connectivity index (χ0n) is 14.4. The van der Waals surface area contributed by atoms with Crippen molar-refractivity contribution in [3.63, 3.8) is 0 Å². The Morgan fingerprint density at radius 2 is 1.52 bits per heavy atom. The van der Waals surface area contributed by atoms with Crippen molar-refractivity contribution in [3.05, 3.63) is 59.2 Å². The zero-order chi connectivity index (χ0) is 18.4. The van der Waals surface area contributed by atoms with Crippen molar-refractivity contribution in [2.24, 2.45) is 0 Å². The van der Waals surface area contributed by atoms with Gasteiger partial charge in [0, 0.05) is 18.3 Å². The van der Waals surface area contributed by atoms with Crippen LogP contribution in [0.5, 0.6) is 0 Å². The van der Waals surface area contributed by atoms with E-state index in [1.807, 2.05) is 19.9 Å². The van der Waals surface area contributed by atoms with Crippen LogP contribution in [0.3, 0.4) is 0 Å². The summed E-state index contributed by atoms with van der Waals surface area (Å²) in [5.74, 6) is -1.21. The van der Waals surface area contributed by atoms with Gasteiger partial charge in [0.2, 0.25) is 5.91 Å². The van der Waals surface area contributed by atoms with Crippen LogP contribution in [0, 0.1) is 13.8 Å². The predicted molar refractivity (Wildman–Crippen MR) is 95.6 cm³/mol. The average Bonchev–Trinajstić information content (AvgIpc) is 2.51. The fourth-order valence-corrected chi connectivity index (χ4v) is 2.38. The summed E-state index contributed by atoms with van der Waals surface area (Å²) in [7, 11) is 0. The fourth-order valence-electron chi connectivity index (χ4n) is 2.38. The Morgan fingerprint density at radius 3 is 2.12 bits per heavy atom. The first-order chi connectivity index (χ1) is 11.8. The van der Waals surface area contributed by atoms with Gasteiger partial charge in [0.15, 0.2) is 6.61 Å². The monoisotopic (exact) mass is 340 g/mol. The lowest BCUT2D eigenvalue weighted by atomic mass is 10.1. The quantitative estimate of drug-likeness (QED) is 0.819. The molecule has 0 aliphatic carbocycles. The van der Waals surface area contributed by atoms with Crippen LogP contribution in [0.2, 0.25) is 0 Å². The van der Waals surface area contributed by atoms with Crippen LogP contribution < -0.4 is 10.6 Å². The van der Waals surface area contributed by atoms with Crippen LogP contribution in [0.15, 0.2) is 42.5 Å². The molecule has 0 saturated heterocycles. The lowest BCUT2D eigenvalue weighted by molar-refractivity contribution is -0.119. The van der Waals surface area contributed by atoms with Gasteiger partial charge in [0.25, 0.3) is 5.91 Å². The summed E-state index contributed by atoms with van der Waals surface area (Å²) in [6.45, 7) is 4.78. The average molecular weight is 340 g/mol. The van der Waals surface area contributed by atoms with Crippen molar-refractivity contribution in [2.75, 3.05) is 17.2 Å². The van der Waals surface area contributed by atoms with E-state index in [-0.39, 0.29) is 5.91 Å². The number of carbonyl (C=O) groups excluding carboxylic acids is 3. The SMILES string of the molecule is CC(=O)Nc1cccc(NC(=O)COC(=O)c2cc(C)cc(C)c2)c1. The molecule has 0 spiro atoms. The van der Waals surface area contributed by atoms with E-state index >= 15 is 0 Å². The summed E-state index contributed by atoms with van der Waals surface area (Å²) in [6.07, 6.45) is 0. The number of nitrogens with one attached hydrogen (secondary N) is 2. The second kappa shape index (κ2) is 8.10. The molecule has 0 saturated carbocycles. The Morgan fingerprint density at radius 1 is 0.920 bits per heavy atom. The van der Waals surface area contributed by atoms with Crippen LogP contribution in [-0.2, 0) is 14.3 Å². The van der Waals surface area contributed by atoms with E-state index in [1.54, 1.807) is 36.4 Å². The number of benzene rings is 2. The molecule has 2 N–H and O–H groups in total.